The summed E-state index contributed by atoms with van der Waals surface area (Å²) in [7, 11) is 0. The minimum absolute atomic E-state index is 0.159. The van der Waals surface area contributed by atoms with Gasteiger partial charge in [0, 0.05) is 18.3 Å². The zero-order valence-corrected chi connectivity index (χ0v) is 12.1. The topological polar surface area (TPSA) is 56.7 Å². The van der Waals surface area contributed by atoms with Crippen LogP contribution < -0.4 is 5.73 Å². The van der Waals surface area contributed by atoms with Crippen molar-refractivity contribution in [2.45, 2.75) is 39.3 Å². The van der Waals surface area contributed by atoms with Crippen LogP contribution in [0.4, 0.5) is 0 Å². The highest BCUT2D eigenvalue weighted by Crippen LogP contribution is 2.24. The smallest absolute Gasteiger partial charge is 0.0897 e. The normalized spacial score (nSPS) is 12.9. The third-order valence-corrected chi connectivity index (χ3v) is 3.83. The predicted octanol–water partition coefficient (Wildman–Crippen LogP) is 2.95. The predicted molar refractivity (Wildman–Crippen MR) is 75.0 cm³/mol. The summed E-state index contributed by atoms with van der Waals surface area (Å²) < 4.78 is 1.90. The molecule has 0 radical (unpaired) electrons. The first kappa shape index (κ1) is 13.5. The standard InChI is InChI=1S/C12H17ClN4S/c1-3-4-17-12(10(13)6-15-17)11(14)5-9-7-18-8(2)16-9/h6-7,11H,3-5,14H2,1-2H3. The molecule has 6 heteroatoms. The molecule has 98 valence electrons. The molecule has 0 aliphatic rings. The SMILES string of the molecule is CCCn1ncc(Cl)c1C(N)Cc1csc(C)n1. The quantitative estimate of drug-likeness (QED) is 0.918. The van der Waals surface area contributed by atoms with E-state index in [1.165, 1.54) is 0 Å². The molecule has 2 N–H and O–H groups in total. The fourth-order valence-electron chi connectivity index (χ4n) is 1.95. The van der Waals surface area contributed by atoms with E-state index in [4.69, 9.17) is 17.3 Å². The van der Waals surface area contributed by atoms with Crippen LogP contribution >= 0.6 is 22.9 Å². The van der Waals surface area contributed by atoms with Crippen molar-refractivity contribution in [2.75, 3.05) is 0 Å². The van der Waals surface area contributed by atoms with Gasteiger partial charge in [0.15, 0.2) is 0 Å². The maximum Gasteiger partial charge on any atom is 0.0897 e. The highest BCUT2D eigenvalue weighted by atomic mass is 35.5. The van der Waals surface area contributed by atoms with Crippen LogP contribution in [0.3, 0.4) is 0 Å². The van der Waals surface area contributed by atoms with Crippen molar-refractivity contribution in [1.29, 1.82) is 0 Å². The lowest BCUT2D eigenvalue weighted by molar-refractivity contribution is 0.536. The van der Waals surface area contributed by atoms with Crippen molar-refractivity contribution in [3.05, 3.63) is 33.0 Å². The van der Waals surface area contributed by atoms with Gasteiger partial charge in [-0.05, 0) is 13.3 Å². The molecule has 0 amide bonds. The highest BCUT2D eigenvalue weighted by Gasteiger charge is 2.18. The van der Waals surface area contributed by atoms with Gasteiger partial charge in [0.25, 0.3) is 0 Å². The Hall–Kier alpha value is -0.910. The van der Waals surface area contributed by atoms with Crippen molar-refractivity contribution < 1.29 is 0 Å². The third-order valence-electron chi connectivity index (χ3n) is 2.72. The minimum Gasteiger partial charge on any atom is -0.322 e. The minimum atomic E-state index is -0.159. The van der Waals surface area contributed by atoms with Crippen molar-refractivity contribution in [2.24, 2.45) is 5.73 Å². The van der Waals surface area contributed by atoms with Crippen LogP contribution in [0.2, 0.25) is 5.02 Å². The molecule has 0 aromatic carbocycles. The number of nitrogens with zero attached hydrogens (tertiary/aromatic N) is 3. The van der Waals surface area contributed by atoms with E-state index in [0.29, 0.717) is 11.4 Å². The van der Waals surface area contributed by atoms with Crippen LogP contribution in [-0.2, 0) is 13.0 Å². The molecular weight excluding hydrogens is 268 g/mol. The van der Waals surface area contributed by atoms with Gasteiger partial charge in [0.2, 0.25) is 0 Å². The zero-order chi connectivity index (χ0) is 13.1. The largest absolute Gasteiger partial charge is 0.322 e. The summed E-state index contributed by atoms with van der Waals surface area (Å²) >= 11 is 7.81. The third kappa shape index (κ3) is 2.91. The maximum absolute atomic E-state index is 6.23. The average molecular weight is 285 g/mol. The Morgan fingerprint density at radius 1 is 1.56 bits per heavy atom. The van der Waals surface area contributed by atoms with Gasteiger partial charge in [-0.15, -0.1) is 11.3 Å². The lowest BCUT2D eigenvalue weighted by Crippen LogP contribution is -2.19. The second-order valence-corrected chi connectivity index (χ2v) is 5.74. The zero-order valence-electron chi connectivity index (χ0n) is 10.6. The molecule has 1 unspecified atom stereocenters. The number of hydrogen-bond acceptors (Lipinski definition) is 4. The lowest BCUT2D eigenvalue weighted by Gasteiger charge is -2.13. The van der Waals surface area contributed by atoms with Crippen molar-refractivity contribution in [3.63, 3.8) is 0 Å². The van der Waals surface area contributed by atoms with E-state index in [9.17, 15) is 0 Å². The summed E-state index contributed by atoms with van der Waals surface area (Å²) in [6, 6.07) is -0.159. The van der Waals surface area contributed by atoms with Crippen LogP contribution in [0.25, 0.3) is 0 Å². The number of aryl methyl sites for hydroxylation is 2. The molecule has 1 atom stereocenters. The lowest BCUT2D eigenvalue weighted by atomic mass is 10.1. The van der Waals surface area contributed by atoms with Gasteiger partial charge in [-0.25, -0.2) is 4.98 Å². The van der Waals surface area contributed by atoms with Crippen LogP contribution in [-0.4, -0.2) is 14.8 Å². The summed E-state index contributed by atoms with van der Waals surface area (Å²) in [5.74, 6) is 0. The molecule has 2 aromatic rings. The van der Waals surface area contributed by atoms with Gasteiger partial charge >= 0.3 is 0 Å². The molecule has 0 saturated carbocycles. The number of aromatic nitrogens is 3. The summed E-state index contributed by atoms with van der Waals surface area (Å²) in [5, 5.41) is 8.01. The van der Waals surface area contributed by atoms with Crippen molar-refractivity contribution >= 4 is 22.9 Å². The Kier molecular flexibility index (Phi) is 4.37. The molecule has 0 aliphatic carbocycles. The summed E-state index contributed by atoms with van der Waals surface area (Å²) in [5.41, 5.74) is 8.16. The monoisotopic (exact) mass is 284 g/mol. The van der Waals surface area contributed by atoms with Gasteiger partial charge in [-0.2, -0.15) is 5.10 Å². The van der Waals surface area contributed by atoms with E-state index in [1.807, 2.05) is 17.0 Å². The van der Waals surface area contributed by atoms with E-state index in [2.05, 4.69) is 17.0 Å². The summed E-state index contributed by atoms with van der Waals surface area (Å²) in [6.07, 6.45) is 3.37. The van der Waals surface area contributed by atoms with Crippen LogP contribution in [0.1, 0.15) is 35.8 Å². The highest BCUT2D eigenvalue weighted by molar-refractivity contribution is 7.09. The van der Waals surface area contributed by atoms with E-state index in [1.54, 1.807) is 17.5 Å². The molecule has 0 saturated heterocycles. The van der Waals surface area contributed by atoms with Crippen molar-refractivity contribution in [3.8, 4) is 0 Å². The summed E-state index contributed by atoms with van der Waals surface area (Å²) in [4.78, 5) is 4.43. The molecule has 2 heterocycles. The van der Waals surface area contributed by atoms with Crippen molar-refractivity contribution in [1.82, 2.24) is 14.8 Å². The maximum atomic E-state index is 6.23. The summed E-state index contributed by atoms with van der Waals surface area (Å²) in [6.45, 7) is 4.94. The Balaban J connectivity index is 2.17. The first-order valence-corrected chi connectivity index (χ1v) is 7.25. The molecule has 0 fully saturated rings. The number of thiazole rings is 1. The first-order chi connectivity index (χ1) is 8.61. The van der Waals surface area contributed by atoms with E-state index in [0.717, 1.165) is 29.4 Å². The number of nitrogens with two attached hydrogens (primary N) is 1. The van der Waals surface area contributed by atoms with Gasteiger partial charge < -0.3 is 5.73 Å². The average Bonchev–Trinajstić information content (AvgIpc) is 2.86. The van der Waals surface area contributed by atoms with E-state index < -0.39 is 0 Å². The van der Waals surface area contributed by atoms with Crippen LogP contribution in [0.5, 0.6) is 0 Å². The number of halogens is 1. The first-order valence-electron chi connectivity index (χ1n) is 5.99. The molecule has 2 rings (SSSR count). The second kappa shape index (κ2) is 5.82. The van der Waals surface area contributed by atoms with Crippen LogP contribution in [0, 0.1) is 6.92 Å². The van der Waals surface area contributed by atoms with E-state index >= 15 is 0 Å². The Morgan fingerprint density at radius 3 is 2.94 bits per heavy atom. The Morgan fingerprint density at radius 2 is 2.33 bits per heavy atom. The molecule has 18 heavy (non-hydrogen) atoms. The Labute approximate surface area is 116 Å². The van der Waals surface area contributed by atoms with Gasteiger partial charge in [0.05, 0.1) is 33.7 Å². The second-order valence-electron chi connectivity index (χ2n) is 4.27. The molecule has 0 spiro atoms. The Bertz CT molecular complexity index is 520. The molecule has 4 nitrogen and oxygen atoms in total. The number of rotatable bonds is 5. The van der Waals surface area contributed by atoms with Gasteiger partial charge in [-0.1, -0.05) is 18.5 Å². The molecule has 0 bridgehead atoms. The number of hydrogen-bond donors (Lipinski definition) is 1. The molecular formula is C12H17ClN4S. The van der Waals surface area contributed by atoms with E-state index in [-0.39, 0.29) is 6.04 Å². The molecule has 2 aromatic heterocycles. The molecule has 0 aliphatic heterocycles. The fraction of sp³-hybridized carbons (Fsp3) is 0.500. The fourth-order valence-corrected chi connectivity index (χ4v) is 2.86. The van der Waals surface area contributed by atoms with Gasteiger partial charge in [-0.3, -0.25) is 4.68 Å². The van der Waals surface area contributed by atoms with Gasteiger partial charge in [0.1, 0.15) is 0 Å². The van der Waals surface area contributed by atoms with Crippen LogP contribution in [0.15, 0.2) is 11.6 Å².